The van der Waals surface area contributed by atoms with Gasteiger partial charge >= 0.3 is 0 Å². The third-order valence-corrected chi connectivity index (χ3v) is 8.59. The topological polar surface area (TPSA) is 88.2 Å². The van der Waals surface area contributed by atoms with Crippen LogP contribution in [0.2, 0.25) is 5.02 Å². The van der Waals surface area contributed by atoms with Crippen LogP contribution in [0.15, 0.2) is 52.4 Å². The van der Waals surface area contributed by atoms with Crippen molar-refractivity contribution in [3.63, 3.8) is 0 Å². The van der Waals surface area contributed by atoms with E-state index in [1.807, 2.05) is 0 Å². The van der Waals surface area contributed by atoms with Gasteiger partial charge in [0.2, 0.25) is 15.9 Å². The number of ether oxygens (including phenoxy) is 2. The van der Waals surface area contributed by atoms with Crippen molar-refractivity contribution < 1.29 is 27.1 Å². The van der Waals surface area contributed by atoms with E-state index in [9.17, 15) is 17.6 Å². The number of nitrogens with zero attached hydrogens (tertiary/aromatic N) is 2. The second kappa shape index (κ2) is 9.42. The van der Waals surface area contributed by atoms with Gasteiger partial charge in [0, 0.05) is 38.8 Å². The minimum absolute atomic E-state index is 0.0292. The van der Waals surface area contributed by atoms with Crippen molar-refractivity contribution in [1.82, 2.24) is 14.5 Å². The van der Waals surface area contributed by atoms with Crippen molar-refractivity contribution in [2.75, 3.05) is 53.0 Å². The molecule has 1 unspecified atom stereocenters. The van der Waals surface area contributed by atoms with E-state index >= 15 is 0 Å². The average molecular weight is 522 g/mol. The molecule has 2 aromatic carbocycles. The highest BCUT2D eigenvalue weighted by atomic mass is 35.5. The lowest BCUT2D eigenvalue weighted by atomic mass is 9.97. The lowest BCUT2D eigenvalue weighted by Crippen LogP contribution is -2.40. The number of rotatable bonds is 6. The first kappa shape index (κ1) is 24.1. The van der Waals surface area contributed by atoms with E-state index < -0.39 is 21.8 Å². The van der Waals surface area contributed by atoms with Gasteiger partial charge in [-0.15, -0.1) is 0 Å². The third-order valence-electron chi connectivity index (χ3n) is 6.51. The minimum atomic E-state index is -3.74. The summed E-state index contributed by atoms with van der Waals surface area (Å²) >= 11 is 5.94. The molecular formula is C24H25ClFN3O5S. The summed E-state index contributed by atoms with van der Waals surface area (Å²) in [6, 6.07) is 8.95. The first-order valence-electron chi connectivity index (χ1n) is 11.3. The zero-order chi connectivity index (χ0) is 24.7. The molecule has 35 heavy (non-hydrogen) atoms. The van der Waals surface area contributed by atoms with Gasteiger partial charge in [-0.3, -0.25) is 4.79 Å². The van der Waals surface area contributed by atoms with Crippen LogP contribution >= 0.6 is 11.6 Å². The fourth-order valence-electron chi connectivity index (χ4n) is 4.71. The molecule has 1 N–H and O–H groups in total. The van der Waals surface area contributed by atoms with Gasteiger partial charge in [-0.2, -0.15) is 4.31 Å². The number of sulfonamides is 1. The Bertz CT molecular complexity index is 1300. The number of fused-ring (bicyclic) bond motifs is 1. The van der Waals surface area contributed by atoms with Crippen LogP contribution in [0.1, 0.15) is 11.5 Å². The molecule has 0 aromatic heterocycles. The quantitative estimate of drug-likeness (QED) is 0.587. The molecule has 3 aliphatic heterocycles. The van der Waals surface area contributed by atoms with Crippen molar-refractivity contribution in [3.8, 4) is 11.5 Å². The molecule has 0 saturated carbocycles. The summed E-state index contributed by atoms with van der Waals surface area (Å²) in [5.41, 5.74) is 2.49. The SMILES string of the molecule is CNCC(C(=O)N1CC2=C(C1)CN(S(=O)(=O)c1ccc3c(c1)OCCO3)C2)c1ccc(F)c(Cl)c1. The number of amides is 1. The number of benzene rings is 2. The first-order chi connectivity index (χ1) is 16.8. The van der Waals surface area contributed by atoms with Gasteiger partial charge in [-0.25, -0.2) is 12.8 Å². The van der Waals surface area contributed by atoms with E-state index in [1.165, 1.54) is 28.6 Å². The maximum Gasteiger partial charge on any atom is 0.243 e. The monoisotopic (exact) mass is 521 g/mol. The Hall–Kier alpha value is -2.66. The molecule has 0 bridgehead atoms. The van der Waals surface area contributed by atoms with Crippen molar-refractivity contribution >= 4 is 27.5 Å². The predicted octanol–water partition coefficient (Wildman–Crippen LogP) is 2.40. The number of hydrogen-bond acceptors (Lipinski definition) is 6. The highest BCUT2D eigenvalue weighted by Crippen LogP contribution is 2.36. The Balaban J connectivity index is 1.28. The Morgan fingerprint density at radius 2 is 1.74 bits per heavy atom. The number of carbonyl (C=O) groups is 1. The lowest BCUT2D eigenvalue weighted by Gasteiger charge is -2.27. The maximum absolute atomic E-state index is 13.6. The van der Waals surface area contributed by atoms with Crippen molar-refractivity contribution in [2.24, 2.45) is 0 Å². The van der Waals surface area contributed by atoms with Crippen LogP contribution in [0.25, 0.3) is 0 Å². The summed E-state index contributed by atoms with van der Waals surface area (Å²) in [7, 11) is -1.99. The largest absolute Gasteiger partial charge is 0.486 e. The Labute approximate surface area is 208 Å². The Morgan fingerprint density at radius 1 is 1.06 bits per heavy atom. The number of halogens is 2. The van der Waals surface area contributed by atoms with Crippen LogP contribution in [0.4, 0.5) is 4.39 Å². The van der Waals surface area contributed by atoms with Gasteiger partial charge < -0.3 is 19.7 Å². The minimum Gasteiger partial charge on any atom is -0.486 e. The van der Waals surface area contributed by atoms with Crippen molar-refractivity contribution in [2.45, 2.75) is 10.8 Å². The lowest BCUT2D eigenvalue weighted by molar-refractivity contribution is -0.131. The zero-order valence-electron chi connectivity index (χ0n) is 19.1. The predicted molar refractivity (Wildman–Crippen MR) is 128 cm³/mol. The van der Waals surface area contributed by atoms with Crippen LogP contribution < -0.4 is 14.8 Å². The molecule has 11 heteroatoms. The highest BCUT2D eigenvalue weighted by molar-refractivity contribution is 7.89. The summed E-state index contributed by atoms with van der Waals surface area (Å²) in [6.45, 7) is 2.35. The van der Waals surface area contributed by atoms with E-state index in [1.54, 1.807) is 24.1 Å². The second-order valence-corrected chi connectivity index (χ2v) is 11.1. The summed E-state index contributed by atoms with van der Waals surface area (Å²) in [6.07, 6.45) is 0. The average Bonchev–Trinajstić information content (AvgIpc) is 3.44. The molecule has 8 nitrogen and oxygen atoms in total. The van der Waals surface area contributed by atoms with E-state index in [-0.39, 0.29) is 28.9 Å². The van der Waals surface area contributed by atoms with E-state index in [0.717, 1.165) is 11.1 Å². The van der Waals surface area contributed by atoms with Crippen LogP contribution in [0, 0.1) is 5.82 Å². The molecule has 3 aliphatic rings. The summed E-state index contributed by atoms with van der Waals surface area (Å²) in [5, 5.41) is 2.99. The van der Waals surface area contributed by atoms with Crippen LogP contribution in [0.5, 0.6) is 11.5 Å². The number of nitrogens with one attached hydrogen (secondary N) is 1. The first-order valence-corrected chi connectivity index (χ1v) is 13.1. The molecule has 0 aliphatic carbocycles. The standard InChI is InChI=1S/C24H25ClFN3O5S/c1-27-10-19(15-2-4-21(26)20(25)8-15)24(30)28-11-16-13-29(14-17(16)12-28)35(31,32)18-3-5-22-23(9-18)34-7-6-33-22/h2-5,8-9,19,27H,6-7,10-14H2,1H3. The normalized spacial score (nSPS) is 18.7. The van der Waals surface area contributed by atoms with Gasteiger partial charge in [-0.1, -0.05) is 17.7 Å². The number of carbonyl (C=O) groups excluding carboxylic acids is 1. The molecule has 1 atom stereocenters. The van der Waals surface area contributed by atoms with Crippen molar-refractivity contribution in [1.29, 1.82) is 0 Å². The van der Waals surface area contributed by atoms with Gasteiger partial charge in [-0.05, 0) is 48.0 Å². The summed E-state index contributed by atoms with van der Waals surface area (Å²) < 4.78 is 52.6. The molecule has 186 valence electrons. The zero-order valence-corrected chi connectivity index (χ0v) is 20.7. The van der Waals surface area contributed by atoms with E-state index in [4.69, 9.17) is 21.1 Å². The van der Waals surface area contributed by atoms with E-state index in [0.29, 0.717) is 49.9 Å². The Morgan fingerprint density at radius 3 is 2.40 bits per heavy atom. The fourth-order valence-corrected chi connectivity index (χ4v) is 6.34. The van der Waals surface area contributed by atoms with Gasteiger partial charge in [0.15, 0.2) is 11.5 Å². The molecule has 5 rings (SSSR count). The van der Waals surface area contributed by atoms with E-state index in [2.05, 4.69) is 5.32 Å². The molecule has 1 amide bonds. The summed E-state index contributed by atoms with van der Waals surface area (Å²) in [4.78, 5) is 15.2. The number of hydrogen-bond donors (Lipinski definition) is 1. The molecule has 0 spiro atoms. The second-order valence-electron chi connectivity index (χ2n) is 8.76. The molecular weight excluding hydrogens is 497 g/mol. The fraction of sp³-hybridized carbons (Fsp3) is 0.375. The maximum atomic E-state index is 13.6. The highest BCUT2D eigenvalue weighted by Gasteiger charge is 2.39. The van der Waals surface area contributed by atoms with Crippen LogP contribution in [0.3, 0.4) is 0 Å². The molecule has 3 heterocycles. The van der Waals surface area contributed by atoms with Crippen LogP contribution in [-0.2, 0) is 14.8 Å². The third kappa shape index (κ3) is 4.51. The number of likely N-dealkylation sites (N-methyl/N-ethyl adjacent to an activating group) is 1. The smallest absolute Gasteiger partial charge is 0.243 e. The van der Waals surface area contributed by atoms with Gasteiger partial charge in [0.05, 0.1) is 15.8 Å². The van der Waals surface area contributed by atoms with Gasteiger partial charge in [0.1, 0.15) is 19.0 Å². The molecule has 2 aromatic rings. The van der Waals surface area contributed by atoms with Crippen LogP contribution in [-0.4, -0.2) is 76.5 Å². The summed E-state index contributed by atoms with van der Waals surface area (Å²) in [5.74, 6) is -0.226. The Kier molecular flexibility index (Phi) is 6.47. The van der Waals surface area contributed by atoms with Gasteiger partial charge in [0.25, 0.3) is 0 Å². The molecule has 0 saturated heterocycles. The molecule has 0 radical (unpaired) electrons. The van der Waals surface area contributed by atoms with Crippen molar-refractivity contribution in [3.05, 3.63) is 63.9 Å². The molecule has 0 fully saturated rings.